The molecule has 1 heterocycles. The van der Waals surface area contributed by atoms with E-state index in [1.807, 2.05) is 30.3 Å². The second kappa shape index (κ2) is 6.14. The molecule has 0 spiro atoms. The molecule has 1 aromatic heterocycles. The Kier molecular flexibility index (Phi) is 4.30. The number of aldehydes is 1. The highest BCUT2D eigenvalue weighted by molar-refractivity contribution is 5.98. The van der Waals surface area contributed by atoms with Gasteiger partial charge in [0.15, 0.2) is 6.29 Å². The van der Waals surface area contributed by atoms with Gasteiger partial charge in [-0.3, -0.25) is 9.48 Å². The molecular formula is C15H16N2O3. The van der Waals surface area contributed by atoms with Crippen LogP contribution in [0.3, 0.4) is 0 Å². The van der Waals surface area contributed by atoms with Crippen LogP contribution < -0.4 is 0 Å². The summed E-state index contributed by atoms with van der Waals surface area (Å²) < 4.78 is 6.57. The average molecular weight is 272 g/mol. The third-order valence-corrected chi connectivity index (χ3v) is 3.00. The van der Waals surface area contributed by atoms with Crippen LogP contribution in [-0.2, 0) is 18.2 Å². The number of carbonyl (C=O) groups is 2. The van der Waals surface area contributed by atoms with E-state index in [1.54, 1.807) is 18.7 Å². The maximum Gasteiger partial charge on any atom is 0.342 e. The van der Waals surface area contributed by atoms with Gasteiger partial charge in [0.2, 0.25) is 0 Å². The van der Waals surface area contributed by atoms with E-state index in [0.29, 0.717) is 18.4 Å². The van der Waals surface area contributed by atoms with Crippen molar-refractivity contribution in [1.29, 1.82) is 0 Å². The topological polar surface area (TPSA) is 61.2 Å². The number of carbonyl (C=O) groups excluding carboxylic acids is 2. The van der Waals surface area contributed by atoms with Gasteiger partial charge in [-0.05, 0) is 12.5 Å². The summed E-state index contributed by atoms with van der Waals surface area (Å²) in [6, 6.07) is 9.70. The van der Waals surface area contributed by atoms with Gasteiger partial charge >= 0.3 is 5.97 Å². The molecule has 0 fully saturated rings. The summed E-state index contributed by atoms with van der Waals surface area (Å²) in [5.74, 6) is -0.506. The van der Waals surface area contributed by atoms with Crippen molar-refractivity contribution in [3.63, 3.8) is 0 Å². The Bertz CT molecular complexity index is 618. The number of ether oxygens (including phenoxy) is 1. The third-order valence-electron chi connectivity index (χ3n) is 3.00. The quantitative estimate of drug-likeness (QED) is 0.617. The van der Waals surface area contributed by atoms with E-state index < -0.39 is 5.97 Å². The molecule has 0 aliphatic rings. The van der Waals surface area contributed by atoms with Crippen LogP contribution in [0.1, 0.15) is 39.0 Å². The van der Waals surface area contributed by atoms with Gasteiger partial charge in [-0.15, -0.1) is 0 Å². The van der Waals surface area contributed by atoms with Gasteiger partial charge in [0.25, 0.3) is 0 Å². The first kappa shape index (κ1) is 14.0. The van der Waals surface area contributed by atoms with E-state index in [-0.39, 0.29) is 17.9 Å². The molecule has 0 aliphatic heterocycles. The van der Waals surface area contributed by atoms with Gasteiger partial charge in [-0.2, -0.15) is 5.10 Å². The Morgan fingerprint density at radius 3 is 2.65 bits per heavy atom. The van der Waals surface area contributed by atoms with E-state index in [1.165, 1.54) is 0 Å². The highest BCUT2D eigenvalue weighted by Gasteiger charge is 2.23. The van der Waals surface area contributed by atoms with Crippen molar-refractivity contribution in [1.82, 2.24) is 9.78 Å². The molecule has 0 amide bonds. The van der Waals surface area contributed by atoms with E-state index in [2.05, 4.69) is 5.10 Å². The molecule has 0 bridgehead atoms. The van der Waals surface area contributed by atoms with Crippen LogP contribution in [0.25, 0.3) is 0 Å². The second-order valence-corrected chi connectivity index (χ2v) is 4.33. The fourth-order valence-corrected chi connectivity index (χ4v) is 2.08. The number of benzene rings is 1. The maximum atomic E-state index is 12.0. The Labute approximate surface area is 117 Å². The summed E-state index contributed by atoms with van der Waals surface area (Å²) in [7, 11) is 1.72. The Morgan fingerprint density at radius 1 is 1.35 bits per heavy atom. The number of aromatic nitrogens is 2. The molecule has 5 nitrogen and oxygen atoms in total. The zero-order valence-corrected chi connectivity index (χ0v) is 11.5. The lowest BCUT2D eigenvalue weighted by Gasteiger charge is -2.06. The van der Waals surface area contributed by atoms with Crippen molar-refractivity contribution in [2.75, 3.05) is 6.61 Å². The SMILES string of the molecule is CCOC(=O)c1c(C=O)nn(C)c1Cc1ccccc1. The molecule has 0 saturated carbocycles. The third kappa shape index (κ3) is 2.77. The predicted octanol–water partition coefficient (Wildman–Crippen LogP) is 2.00. The minimum absolute atomic E-state index is 0.122. The molecule has 0 N–H and O–H groups in total. The fraction of sp³-hybridized carbons (Fsp3) is 0.267. The van der Waals surface area contributed by atoms with Gasteiger partial charge in [0, 0.05) is 13.5 Å². The van der Waals surface area contributed by atoms with Gasteiger partial charge in [0.05, 0.1) is 12.3 Å². The van der Waals surface area contributed by atoms with E-state index >= 15 is 0 Å². The Morgan fingerprint density at radius 2 is 2.05 bits per heavy atom. The molecule has 20 heavy (non-hydrogen) atoms. The number of hydrogen-bond donors (Lipinski definition) is 0. The van der Waals surface area contributed by atoms with Crippen LogP contribution in [0.15, 0.2) is 30.3 Å². The molecule has 0 unspecified atom stereocenters. The predicted molar refractivity (Wildman–Crippen MR) is 73.8 cm³/mol. The molecule has 104 valence electrons. The number of aryl methyl sites for hydroxylation is 1. The van der Waals surface area contributed by atoms with E-state index in [9.17, 15) is 9.59 Å². The lowest BCUT2D eigenvalue weighted by molar-refractivity contribution is 0.0523. The average Bonchev–Trinajstić information content (AvgIpc) is 2.77. The van der Waals surface area contributed by atoms with Crippen LogP contribution in [-0.4, -0.2) is 28.6 Å². The van der Waals surface area contributed by atoms with Crippen molar-refractivity contribution >= 4 is 12.3 Å². The van der Waals surface area contributed by atoms with Crippen LogP contribution in [0.4, 0.5) is 0 Å². The normalized spacial score (nSPS) is 10.3. The standard InChI is InChI=1S/C15H16N2O3/c1-3-20-15(19)14-12(10-18)16-17(2)13(14)9-11-7-5-4-6-8-11/h4-8,10H,3,9H2,1-2H3. The van der Waals surface area contributed by atoms with Gasteiger partial charge in [-0.1, -0.05) is 30.3 Å². The number of esters is 1. The summed E-state index contributed by atoms with van der Waals surface area (Å²) in [4.78, 5) is 23.1. The van der Waals surface area contributed by atoms with Crippen molar-refractivity contribution in [2.24, 2.45) is 7.05 Å². The number of nitrogens with zero attached hydrogens (tertiary/aromatic N) is 2. The zero-order valence-electron chi connectivity index (χ0n) is 11.5. The highest BCUT2D eigenvalue weighted by Crippen LogP contribution is 2.18. The number of rotatable bonds is 5. The molecular weight excluding hydrogens is 256 g/mol. The second-order valence-electron chi connectivity index (χ2n) is 4.33. The first-order chi connectivity index (χ1) is 9.67. The molecule has 1 aromatic carbocycles. The monoisotopic (exact) mass is 272 g/mol. The summed E-state index contributed by atoms with van der Waals surface area (Å²) in [6.45, 7) is 1.99. The minimum Gasteiger partial charge on any atom is -0.462 e. The Balaban J connectivity index is 2.43. The summed E-state index contributed by atoms with van der Waals surface area (Å²) in [5, 5.41) is 4.08. The van der Waals surface area contributed by atoms with Gasteiger partial charge < -0.3 is 4.74 Å². The lowest BCUT2D eigenvalue weighted by atomic mass is 10.1. The Hall–Kier alpha value is -2.43. The van der Waals surface area contributed by atoms with Crippen LogP contribution in [0.5, 0.6) is 0 Å². The van der Waals surface area contributed by atoms with Crippen LogP contribution >= 0.6 is 0 Å². The molecule has 5 heteroatoms. The summed E-state index contributed by atoms with van der Waals surface area (Å²) in [6.07, 6.45) is 1.10. The van der Waals surface area contributed by atoms with Crippen LogP contribution in [0, 0.1) is 0 Å². The van der Waals surface area contributed by atoms with Crippen LogP contribution in [0.2, 0.25) is 0 Å². The summed E-state index contributed by atoms with van der Waals surface area (Å²) >= 11 is 0. The number of hydrogen-bond acceptors (Lipinski definition) is 4. The summed E-state index contributed by atoms with van der Waals surface area (Å²) in [5.41, 5.74) is 2.10. The highest BCUT2D eigenvalue weighted by atomic mass is 16.5. The maximum absolute atomic E-state index is 12.0. The van der Waals surface area contributed by atoms with Gasteiger partial charge in [-0.25, -0.2) is 4.79 Å². The van der Waals surface area contributed by atoms with Crippen molar-refractivity contribution in [2.45, 2.75) is 13.3 Å². The molecule has 2 rings (SSSR count). The molecule has 0 atom stereocenters. The first-order valence-electron chi connectivity index (χ1n) is 6.39. The largest absolute Gasteiger partial charge is 0.462 e. The first-order valence-corrected chi connectivity index (χ1v) is 6.39. The molecule has 2 aromatic rings. The lowest BCUT2D eigenvalue weighted by Crippen LogP contribution is -2.10. The van der Waals surface area contributed by atoms with E-state index in [4.69, 9.17) is 4.74 Å². The van der Waals surface area contributed by atoms with E-state index in [0.717, 1.165) is 5.56 Å². The molecule has 0 radical (unpaired) electrons. The smallest absolute Gasteiger partial charge is 0.342 e. The molecule has 0 saturated heterocycles. The van der Waals surface area contributed by atoms with Crippen molar-refractivity contribution in [3.8, 4) is 0 Å². The zero-order chi connectivity index (χ0) is 14.5. The van der Waals surface area contributed by atoms with Crippen molar-refractivity contribution in [3.05, 3.63) is 52.8 Å². The molecule has 0 aliphatic carbocycles. The van der Waals surface area contributed by atoms with Gasteiger partial charge in [0.1, 0.15) is 11.3 Å². The fourth-order valence-electron chi connectivity index (χ4n) is 2.08. The van der Waals surface area contributed by atoms with Crippen molar-refractivity contribution < 1.29 is 14.3 Å². The minimum atomic E-state index is -0.506.